The van der Waals surface area contributed by atoms with E-state index in [4.69, 9.17) is 10.2 Å². The number of carbonyl (C=O) groups is 1. The van der Waals surface area contributed by atoms with Crippen molar-refractivity contribution in [3.63, 3.8) is 0 Å². The zero-order valence-electron chi connectivity index (χ0n) is 20.1. The molecule has 6 rings (SSSR count). The van der Waals surface area contributed by atoms with Gasteiger partial charge in [0.15, 0.2) is 5.01 Å². The number of carbonyl (C=O) groups excluding carboxylic acids is 1. The van der Waals surface area contributed by atoms with Crippen LogP contribution < -0.4 is 10.6 Å². The molecule has 2 N–H and O–H groups in total. The van der Waals surface area contributed by atoms with Crippen molar-refractivity contribution in [1.82, 2.24) is 30.1 Å². The normalized spacial score (nSPS) is 19.2. The van der Waals surface area contributed by atoms with Crippen molar-refractivity contribution in [3.8, 4) is 28.0 Å². The zero-order chi connectivity index (χ0) is 24.8. The van der Waals surface area contributed by atoms with Gasteiger partial charge in [-0.15, -0.1) is 10.2 Å². The predicted molar refractivity (Wildman–Crippen MR) is 137 cm³/mol. The molecule has 182 valence electrons. The topological polar surface area (TPSA) is 121 Å². The summed E-state index contributed by atoms with van der Waals surface area (Å²) >= 11 is 1.60. The number of amides is 1. The van der Waals surface area contributed by atoms with E-state index in [1.807, 2.05) is 30.5 Å². The molecule has 2 aliphatic rings. The summed E-state index contributed by atoms with van der Waals surface area (Å²) in [6.45, 7) is 4.19. The second-order valence-electron chi connectivity index (χ2n) is 9.92. The molecule has 2 saturated carbocycles. The Bertz CT molecular complexity index is 1490. The summed E-state index contributed by atoms with van der Waals surface area (Å²) in [5.41, 5.74) is 4.83. The van der Waals surface area contributed by atoms with Crippen LogP contribution in [0, 0.1) is 17.2 Å². The largest absolute Gasteiger partial charge is 0.382 e. The maximum Gasteiger partial charge on any atom is 0.223 e. The first-order valence-corrected chi connectivity index (χ1v) is 13.1. The van der Waals surface area contributed by atoms with Crippen molar-refractivity contribution in [3.05, 3.63) is 47.2 Å². The Morgan fingerprint density at radius 2 is 2.03 bits per heavy atom. The monoisotopic (exact) mass is 498 g/mol. The summed E-state index contributed by atoms with van der Waals surface area (Å²) in [5.74, 6) is 0.796. The van der Waals surface area contributed by atoms with Crippen molar-refractivity contribution < 1.29 is 4.79 Å². The highest BCUT2D eigenvalue weighted by atomic mass is 32.1. The van der Waals surface area contributed by atoms with Gasteiger partial charge in [0.2, 0.25) is 5.91 Å². The summed E-state index contributed by atoms with van der Waals surface area (Å²) in [5, 5.41) is 31.1. The molecule has 0 unspecified atom stereocenters. The van der Waals surface area contributed by atoms with Gasteiger partial charge in [0.05, 0.1) is 34.2 Å². The van der Waals surface area contributed by atoms with Gasteiger partial charge in [-0.2, -0.15) is 10.4 Å². The number of nitriles is 1. The highest BCUT2D eigenvalue weighted by Gasteiger charge is 2.37. The Morgan fingerprint density at radius 3 is 2.78 bits per heavy atom. The lowest BCUT2D eigenvalue weighted by atomic mass is 9.80. The van der Waals surface area contributed by atoms with Gasteiger partial charge in [-0.25, -0.2) is 4.52 Å². The Morgan fingerprint density at radius 1 is 1.19 bits per heavy atom. The lowest BCUT2D eigenvalue weighted by Crippen LogP contribution is -2.43. The van der Waals surface area contributed by atoms with E-state index in [2.05, 4.69) is 45.8 Å². The van der Waals surface area contributed by atoms with E-state index in [-0.39, 0.29) is 23.9 Å². The quantitative estimate of drug-likeness (QED) is 0.388. The molecule has 1 amide bonds. The minimum atomic E-state index is 0.212. The van der Waals surface area contributed by atoms with E-state index >= 15 is 0 Å². The first-order chi connectivity index (χ1) is 17.5. The van der Waals surface area contributed by atoms with Gasteiger partial charge >= 0.3 is 0 Å². The van der Waals surface area contributed by atoms with Gasteiger partial charge in [-0.1, -0.05) is 11.3 Å². The van der Waals surface area contributed by atoms with Crippen LogP contribution in [0.2, 0.25) is 0 Å². The lowest BCUT2D eigenvalue weighted by molar-refractivity contribution is -0.123. The van der Waals surface area contributed by atoms with Crippen molar-refractivity contribution in [2.75, 3.05) is 5.32 Å². The second-order valence-corrected chi connectivity index (χ2v) is 10.9. The average molecular weight is 499 g/mol. The number of aromatic nitrogens is 5. The Labute approximate surface area is 212 Å². The molecule has 0 atom stereocenters. The van der Waals surface area contributed by atoms with Crippen LogP contribution in [0.4, 0.5) is 5.69 Å². The molecule has 4 heterocycles. The van der Waals surface area contributed by atoms with Crippen molar-refractivity contribution in [1.29, 1.82) is 5.26 Å². The molecule has 0 radical (unpaired) electrons. The standard InChI is InChI=1S/C26H26N8OS/c1-14(2)30-21-10-22(23-6-5-19-7-15(11-27)12-29-34(19)23)28-13-20(21)26-33-32-25(36-26)17-8-18(9-17)31-24(35)16-3-4-16/h5-7,10,12-14,16-18H,3-4,8-9H2,1-2H3,(H,28,30)(H,31,35)/t17-,18-. The van der Waals surface area contributed by atoms with Crippen LogP contribution >= 0.6 is 11.3 Å². The fraction of sp³-hybridized carbons (Fsp3) is 0.385. The molecule has 36 heavy (non-hydrogen) atoms. The predicted octanol–water partition coefficient (Wildman–Crippen LogP) is 4.38. The van der Waals surface area contributed by atoms with E-state index in [1.54, 1.807) is 22.0 Å². The third-order valence-corrected chi connectivity index (χ3v) is 7.81. The number of rotatable bonds is 7. The van der Waals surface area contributed by atoms with Crippen molar-refractivity contribution in [2.45, 2.75) is 57.5 Å². The molecular formula is C26H26N8OS. The van der Waals surface area contributed by atoms with Gasteiger partial charge in [-0.3, -0.25) is 9.78 Å². The SMILES string of the molecule is CC(C)Nc1cc(-c2ccc3cc(C#N)cnn23)ncc1-c1nnc([C@H]2C[C@H](NC(=O)C3CC3)C2)s1. The molecule has 0 saturated heterocycles. The molecule has 2 aliphatic carbocycles. The number of pyridine rings is 1. The second kappa shape index (κ2) is 8.99. The van der Waals surface area contributed by atoms with Gasteiger partial charge < -0.3 is 10.6 Å². The molecule has 9 nitrogen and oxygen atoms in total. The molecule has 0 bridgehead atoms. The number of nitrogens with zero attached hydrogens (tertiary/aromatic N) is 6. The van der Waals surface area contributed by atoms with E-state index in [0.717, 1.165) is 63.9 Å². The smallest absolute Gasteiger partial charge is 0.223 e. The van der Waals surface area contributed by atoms with Crippen LogP contribution in [-0.4, -0.2) is 42.8 Å². The minimum absolute atomic E-state index is 0.212. The molecule has 2 fully saturated rings. The van der Waals surface area contributed by atoms with Gasteiger partial charge in [0, 0.05) is 35.8 Å². The third kappa shape index (κ3) is 4.31. The average Bonchev–Trinajstić information content (AvgIpc) is 3.44. The van der Waals surface area contributed by atoms with Crippen LogP contribution in [0.25, 0.3) is 27.5 Å². The molecule has 0 aliphatic heterocycles. The maximum atomic E-state index is 12.0. The van der Waals surface area contributed by atoms with E-state index in [1.165, 1.54) is 0 Å². The molecule has 0 aromatic carbocycles. The van der Waals surface area contributed by atoms with Crippen LogP contribution in [0.5, 0.6) is 0 Å². The van der Waals surface area contributed by atoms with E-state index in [0.29, 0.717) is 11.5 Å². The van der Waals surface area contributed by atoms with E-state index in [9.17, 15) is 4.79 Å². The lowest BCUT2D eigenvalue weighted by Gasteiger charge is -2.34. The summed E-state index contributed by atoms with van der Waals surface area (Å²) < 4.78 is 1.79. The third-order valence-electron chi connectivity index (χ3n) is 6.69. The van der Waals surface area contributed by atoms with Crippen LogP contribution in [0.1, 0.15) is 56.0 Å². The zero-order valence-corrected chi connectivity index (χ0v) is 20.9. The fourth-order valence-corrected chi connectivity index (χ4v) is 5.55. The molecule has 4 aromatic heterocycles. The molecule has 0 spiro atoms. The van der Waals surface area contributed by atoms with E-state index < -0.39 is 0 Å². The molecular weight excluding hydrogens is 472 g/mol. The van der Waals surface area contributed by atoms with Crippen LogP contribution in [-0.2, 0) is 4.79 Å². The summed E-state index contributed by atoms with van der Waals surface area (Å²) in [6, 6.07) is 10.3. The maximum absolute atomic E-state index is 12.0. The number of nitrogens with one attached hydrogen (secondary N) is 2. The Hall–Kier alpha value is -3.84. The number of fused-ring (bicyclic) bond motifs is 1. The Balaban J connectivity index is 1.25. The molecule has 4 aromatic rings. The summed E-state index contributed by atoms with van der Waals surface area (Å²) in [6.07, 6.45) is 7.30. The van der Waals surface area contributed by atoms with Crippen LogP contribution in [0.3, 0.4) is 0 Å². The van der Waals surface area contributed by atoms with Gasteiger partial charge in [0.1, 0.15) is 11.1 Å². The Kier molecular flexibility index (Phi) is 5.64. The highest BCUT2D eigenvalue weighted by molar-refractivity contribution is 7.14. The van der Waals surface area contributed by atoms with Crippen molar-refractivity contribution >= 4 is 28.4 Å². The summed E-state index contributed by atoms with van der Waals surface area (Å²) in [7, 11) is 0. The summed E-state index contributed by atoms with van der Waals surface area (Å²) in [4.78, 5) is 16.8. The minimum Gasteiger partial charge on any atom is -0.382 e. The van der Waals surface area contributed by atoms with Gasteiger partial charge in [0.25, 0.3) is 0 Å². The highest BCUT2D eigenvalue weighted by Crippen LogP contribution is 2.42. The van der Waals surface area contributed by atoms with Crippen LogP contribution in [0.15, 0.2) is 36.7 Å². The number of anilines is 1. The fourth-order valence-electron chi connectivity index (χ4n) is 4.56. The first kappa shape index (κ1) is 22.6. The first-order valence-electron chi connectivity index (χ1n) is 12.3. The number of hydrogen-bond donors (Lipinski definition) is 2. The number of hydrogen-bond acceptors (Lipinski definition) is 8. The van der Waals surface area contributed by atoms with Crippen molar-refractivity contribution in [2.24, 2.45) is 5.92 Å². The molecule has 10 heteroatoms. The van der Waals surface area contributed by atoms with Gasteiger partial charge in [-0.05, 0) is 63.8 Å².